The van der Waals surface area contributed by atoms with Gasteiger partial charge in [-0.3, -0.25) is 9.89 Å². The third kappa shape index (κ3) is 4.01. The summed E-state index contributed by atoms with van der Waals surface area (Å²) in [6.45, 7) is 3.19. The van der Waals surface area contributed by atoms with Crippen molar-refractivity contribution in [3.63, 3.8) is 0 Å². The number of aromatic nitrogens is 2. The minimum atomic E-state index is 0.507. The van der Waals surface area contributed by atoms with Crippen LogP contribution in [0.3, 0.4) is 0 Å². The average Bonchev–Trinajstić information content (AvgIpc) is 3.40. The molecule has 6 heteroatoms. The summed E-state index contributed by atoms with van der Waals surface area (Å²) in [7, 11) is 1.85. The number of benzene rings is 1. The number of imidazole rings is 1. The summed E-state index contributed by atoms with van der Waals surface area (Å²) < 4.78 is 0. The summed E-state index contributed by atoms with van der Waals surface area (Å²) in [5, 5.41) is 7.03. The topological polar surface area (TPSA) is 68.3 Å². The van der Waals surface area contributed by atoms with E-state index in [9.17, 15) is 0 Å². The van der Waals surface area contributed by atoms with Crippen molar-refractivity contribution in [3.05, 3.63) is 30.1 Å². The lowest BCUT2D eigenvalue weighted by Crippen LogP contribution is -2.45. The second-order valence-electron chi connectivity index (χ2n) is 7.51. The number of fused-ring (bicyclic) bond motifs is 1. The van der Waals surface area contributed by atoms with E-state index < -0.39 is 0 Å². The number of guanidine groups is 1. The number of hydrogen-bond acceptors (Lipinski definition) is 3. The van der Waals surface area contributed by atoms with Crippen molar-refractivity contribution in [1.29, 1.82) is 0 Å². The smallest absolute Gasteiger partial charge is 0.191 e. The molecular weight excluding hydrogens is 324 g/mol. The quantitative estimate of drug-likeness (QED) is 0.569. The summed E-state index contributed by atoms with van der Waals surface area (Å²) in [6.07, 6.45) is 7.65. The lowest BCUT2D eigenvalue weighted by atomic mass is 10.2. The van der Waals surface area contributed by atoms with Crippen molar-refractivity contribution in [2.24, 2.45) is 4.99 Å². The van der Waals surface area contributed by atoms with Gasteiger partial charge < -0.3 is 15.6 Å². The molecule has 2 fully saturated rings. The number of likely N-dealkylation sites (tertiary alicyclic amines) is 1. The van der Waals surface area contributed by atoms with Crippen LogP contribution in [0, 0.1) is 0 Å². The first-order chi connectivity index (χ1) is 12.8. The molecule has 26 heavy (non-hydrogen) atoms. The normalized spacial score (nSPS) is 22.3. The Morgan fingerprint density at radius 3 is 2.92 bits per heavy atom. The predicted octanol–water partition coefficient (Wildman–Crippen LogP) is 2.29. The fourth-order valence-electron chi connectivity index (χ4n) is 4.32. The zero-order chi connectivity index (χ0) is 17.8. The van der Waals surface area contributed by atoms with Crippen LogP contribution in [0.15, 0.2) is 29.3 Å². The molecule has 1 atom stereocenters. The van der Waals surface area contributed by atoms with Crippen molar-refractivity contribution in [1.82, 2.24) is 25.5 Å². The minimum absolute atomic E-state index is 0.507. The van der Waals surface area contributed by atoms with Crippen molar-refractivity contribution < 1.29 is 0 Å². The summed E-state index contributed by atoms with van der Waals surface area (Å²) in [6, 6.07) is 9.49. The lowest BCUT2D eigenvalue weighted by Gasteiger charge is -2.24. The summed E-state index contributed by atoms with van der Waals surface area (Å²) >= 11 is 0. The SMILES string of the molecule is CN=C(NCCc1nc2ccccc2[nH]1)NC1CCN(C2CCCC2)C1. The number of hydrogen-bond donors (Lipinski definition) is 3. The van der Waals surface area contributed by atoms with Gasteiger partial charge in [0.2, 0.25) is 0 Å². The molecule has 4 rings (SSSR count). The Kier molecular flexibility index (Phi) is 5.39. The Hall–Kier alpha value is -2.08. The van der Waals surface area contributed by atoms with Gasteiger partial charge in [-0.1, -0.05) is 25.0 Å². The first-order valence-electron chi connectivity index (χ1n) is 9.96. The van der Waals surface area contributed by atoms with Gasteiger partial charge in [-0.15, -0.1) is 0 Å². The first-order valence-corrected chi connectivity index (χ1v) is 9.96. The van der Waals surface area contributed by atoms with Gasteiger partial charge in [-0.05, 0) is 31.4 Å². The molecule has 0 spiro atoms. The molecule has 2 heterocycles. The fourth-order valence-corrected chi connectivity index (χ4v) is 4.32. The maximum atomic E-state index is 4.63. The lowest BCUT2D eigenvalue weighted by molar-refractivity contribution is 0.242. The number of nitrogens with zero attached hydrogens (tertiary/aromatic N) is 3. The molecular formula is C20H30N6. The van der Waals surface area contributed by atoms with Crippen LogP contribution >= 0.6 is 0 Å². The van der Waals surface area contributed by atoms with E-state index in [1.165, 1.54) is 38.6 Å². The van der Waals surface area contributed by atoms with Gasteiger partial charge in [0.15, 0.2) is 5.96 Å². The van der Waals surface area contributed by atoms with E-state index >= 15 is 0 Å². The maximum absolute atomic E-state index is 4.63. The van der Waals surface area contributed by atoms with Crippen LogP contribution in [0.1, 0.15) is 37.9 Å². The van der Waals surface area contributed by atoms with E-state index in [1.54, 1.807) is 0 Å². The van der Waals surface area contributed by atoms with Gasteiger partial charge >= 0.3 is 0 Å². The number of aromatic amines is 1. The Bertz CT molecular complexity index is 713. The van der Waals surface area contributed by atoms with Crippen LogP contribution in [0.25, 0.3) is 11.0 Å². The second kappa shape index (κ2) is 8.08. The molecule has 140 valence electrons. The second-order valence-corrected chi connectivity index (χ2v) is 7.51. The van der Waals surface area contributed by atoms with E-state index in [0.717, 1.165) is 48.4 Å². The van der Waals surface area contributed by atoms with Gasteiger partial charge in [-0.2, -0.15) is 0 Å². The molecule has 1 aliphatic heterocycles. The van der Waals surface area contributed by atoms with Gasteiger partial charge in [0, 0.05) is 45.2 Å². The standard InChI is InChI=1S/C20H30N6/c1-21-20(23-15-11-13-26(14-15)16-6-2-3-7-16)22-12-10-19-24-17-8-4-5-9-18(17)25-19/h4-5,8-9,15-16H,2-3,6-7,10-14H2,1H3,(H,24,25)(H2,21,22,23). The maximum Gasteiger partial charge on any atom is 0.191 e. The van der Waals surface area contributed by atoms with Crippen molar-refractivity contribution in [2.75, 3.05) is 26.7 Å². The van der Waals surface area contributed by atoms with Gasteiger partial charge in [-0.25, -0.2) is 4.98 Å². The molecule has 2 aromatic rings. The molecule has 1 aliphatic carbocycles. The van der Waals surface area contributed by atoms with E-state index in [-0.39, 0.29) is 0 Å². The van der Waals surface area contributed by atoms with Crippen molar-refractivity contribution >= 4 is 17.0 Å². The fraction of sp³-hybridized carbons (Fsp3) is 0.600. The number of aliphatic imine (C=N–C) groups is 1. The summed E-state index contributed by atoms with van der Waals surface area (Å²) in [4.78, 5) is 15.1. The summed E-state index contributed by atoms with van der Waals surface area (Å²) in [5.74, 6) is 1.92. The molecule has 6 nitrogen and oxygen atoms in total. The van der Waals surface area contributed by atoms with E-state index in [2.05, 4.69) is 36.6 Å². The Morgan fingerprint density at radius 1 is 1.27 bits per heavy atom. The van der Waals surface area contributed by atoms with Gasteiger partial charge in [0.1, 0.15) is 5.82 Å². The average molecular weight is 355 g/mol. The highest BCUT2D eigenvalue weighted by Crippen LogP contribution is 2.26. The van der Waals surface area contributed by atoms with E-state index in [4.69, 9.17) is 0 Å². The summed E-state index contributed by atoms with van der Waals surface area (Å²) in [5.41, 5.74) is 2.13. The van der Waals surface area contributed by atoms with Crippen LogP contribution in [0.5, 0.6) is 0 Å². The molecule has 0 amide bonds. The predicted molar refractivity (Wildman–Crippen MR) is 107 cm³/mol. The highest BCUT2D eigenvalue weighted by molar-refractivity contribution is 5.80. The number of para-hydroxylation sites is 2. The zero-order valence-corrected chi connectivity index (χ0v) is 15.7. The Labute approximate surface area is 155 Å². The van der Waals surface area contributed by atoms with Crippen molar-refractivity contribution in [2.45, 2.75) is 50.6 Å². The van der Waals surface area contributed by atoms with Gasteiger partial charge in [0.05, 0.1) is 11.0 Å². The monoisotopic (exact) mass is 354 g/mol. The Balaban J connectivity index is 1.23. The Morgan fingerprint density at radius 2 is 2.12 bits per heavy atom. The molecule has 0 radical (unpaired) electrons. The molecule has 2 aliphatic rings. The van der Waals surface area contributed by atoms with Crippen LogP contribution in [-0.2, 0) is 6.42 Å². The van der Waals surface area contributed by atoms with Crippen LogP contribution in [0.2, 0.25) is 0 Å². The number of rotatable bonds is 5. The molecule has 1 saturated carbocycles. The van der Waals surface area contributed by atoms with Crippen molar-refractivity contribution in [3.8, 4) is 0 Å². The van der Waals surface area contributed by atoms with E-state index in [1.807, 2.05) is 25.2 Å². The highest BCUT2D eigenvalue weighted by atomic mass is 15.3. The molecule has 1 unspecified atom stereocenters. The number of H-pyrrole nitrogens is 1. The molecule has 1 aromatic heterocycles. The largest absolute Gasteiger partial charge is 0.356 e. The van der Waals surface area contributed by atoms with Gasteiger partial charge in [0.25, 0.3) is 0 Å². The van der Waals surface area contributed by atoms with Crippen LogP contribution < -0.4 is 10.6 Å². The first kappa shape index (κ1) is 17.3. The zero-order valence-electron chi connectivity index (χ0n) is 15.7. The number of nitrogens with one attached hydrogen (secondary N) is 3. The van der Waals surface area contributed by atoms with Crippen LogP contribution in [-0.4, -0.2) is 59.6 Å². The molecule has 3 N–H and O–H groups in total. The van der Waals surface area contributed by atoms with E-state index in [0.29, 0.717) is 6.04 Å². The van der Waals surface area contributed by atoms with Crippen LogP contribution in [0.4, 0.5) is 0 Å². The third-order valence-corrected chi connectivity index (χ3v) is 5.72. The molecule has 1 saturated heterocycles. The molecule has 0 bridgehead atoms. The third-order valence-electron chi connectivity index (χ3n) is 5.72. The molecule has 1 aromatic carbocycles. The highest BCUT2D eigenvalue weighted by Gasteiger charge is 2.30. The minimum Gasteiger partial charge on any atom is -0.356 e.